The predicted molar refractivity (Wildman–Crippen MR) is 132 cm³/mol. The molecule has 7 heteroatoms. The van der Waals surface area contributed by atoms with Crippen LogP contribution in [0.4, 0.5) is 0 Å². The molecule has 2 N–H and O–H groups in total. The normalized spacial score (nSPS) is 17.1. The highest BCUT2D eigenvalue weighted by molar-refractivity contribution is 6.31. The molecule has 0 unspecified atom stereocenters. The standard InChI is InChI=1S/C27H27ClN2O4/c28-24-10-5-4-9-22(24)18-29-26(32)27(17-20-7-2-1-3-8-20)19-34-25(30-27)21-11-13-23(14-12-21)33-16-6-15-31/h1-5,7-14,31H,6,15-19H2,(H,29,32)/t27-/m1/s1. The van der Waals surface area contributed by atoms with Crippen molar-refractivity contribution < 1.29 is 19.4 Å². The Morgan fingerprint density at radius 1 is 1.06 bits per heavy atom. The van der Waals surface area contributed by atoms with Crippen LogP contribution in [0.1, 0.15) is 23.1 Å². The van der Waals surface area contributed by atoms with E-state index in [1.165, 1.54) is 0 Å². The van der Waals surface area contributed by atoms with E-state index in [9.17, 15) is 4.79 Å². The van der Waals surface area contributed by atoms with Crippen molar-refractivity contribution in [3.05, 3.63) is 101 Å². The first-order valence-corrected chi connectivity index (χ1v) is 11.6. The van der Waals surface area contributed by atoms with E-state index in [4.69, 9.17) is 31.2 Å². The molecule has 6 nitrogen and oxygen atoms in total. The molecule has 1 aliphatic rings. The largest absolute Gasteiger partial charge is 0.494 e. The highest BCUT2D eigenvalue weighted by Crippen LogP contribution is 2.28. The van der Waals surface area contributed by atoms with Crippen LogP contribution < -0.4 is 10.1 Å². The van der Waals surface area contributed by atoms with Crippen LogP contribution >= 0.6 is 11.6 Å². The Kier molecular flexibility index (Phi) is 7.83. The van der Waals surface area contributed by atoms with E-state index in [0.717, 1.165) is 16.7 Å². The van der Waals surface area contributed by atoms with Gasteiger partial charge in [0.2, 0.25) is 5.90 Å². The number of nitrogens with one attached hydrogen (secondary N) is 1. The minimum atomic E-state index is -1.09. The van der Waals surface area contributed by atoms with Gasteiger partial charge in [0.05, 0.1) is 6.61 Å². The van der Waals surface area contributed by atoms with Gasteiger partial charge in [-0.1, -0.05) is 60.1 Å². The molecular weight excluding hydrogens is 452 g/mol. The second kappa shape index (κ2) is 11.2. The molecule has 1 heterocycles. The van der Waals surface area contributed by atoms with Crippen LogP contribution in [-0.2, 0) is 22.5 Å². The number of hydrogen-bond acceptors (Lipinski definition) is 5. The zero-order chi connectivity index (χ0) is 23.8. The fourth-order valence-electron chi connectivity index (χ4n) is 3.75. The summed E-state index contributed by atoms with van der Waals surface area (Å²) in [6.45, 7) is 0.976. The molecule has 1 atom stereocenters. The molecule has 0 fully saturated rings. The molecule has 0 radical (unpaired) electrons. The lowest BCUT2D eigenvalue weighted by Crippen LogP contribution is -2.48. The third-order valence-electron chi connectivity index (χ3n) is 5.59. The van der Waals surface area contributed by atoms with Crippen LogP contribution in [0, 0.1) is 0 Å². The number of rotatable bonds is 10. The smallest absolute Gasteiger partial charge is 0.252 e. The van der Waals surface area contributed by atoms with Crippen molar-refractivity contribution in [2.75, 3.05) is 19.8 Å². The Labute approximate surface area is 204 Å². The molecule has 176 valence electrons. The molecule has 4 rings (SSSR count). The number of aliphatic imine (C=N–C) groups is 1. The lowest BCUT2D eigenvalue weighted by atomic mass is 9.91. The number of hydrogen-bond donors (Lipinski definition) is 2. The molecule has 0 bridgehead atoms. The number of amides is 1. The average molecular weight is 479 g/mol. The van der Waals surface area contributed by atoms with E-state index < -0.39 is 5.54 Å². The van der Waals surface area contributed by atoms with Crippen molar-refractivity contribution in [3.8, 4) is 5.75 Å². The Balaban J connectivity index is 1.55. The zero-order valence-electron chi connectivity index (χ0n) is 18.7. The number of carbonyl (C=O) groups excluding carboxylic acids is 1. The van der Waals surface area contributed by atoms with E-state index >= 15 is 0 Å². The molecule has 1 amide bonds. The van der Waals surface area contributed by atoms with Gasteiger partial charge < -0.3 is 19.9 Å². The third-order valence-corrected chi connectivity index (χ3v) is 5.96. The third kappa shape index (κ3) is 5.76. The van der Waals surface area contributed by atoms with Crippen molar-refractivity contribution in [2.24, 2.45) is 4.99 Å². The SMILES string of the molecule is O=C(NCc1ccccc1Cl)[C@@]1(Cc2ccccc2)COC(c2ccc(OCCCO)cc2)=N1. The van der Waals surface area contributed by atoms with Gasteiger partial charge in [0.25, 0.3) is 5.91 Å². The van der Waals surface area contributed by atoms with E-state index in [1.54, 1.807) is 6.07 Å². The molecule has 0 saturated carbocycles. The van der Waals surface area contributed by atoms with Crippen LogP contribution in [0.3, 0.4) is 0 Å². The summed E-state index contributed by atoms with van der Waals surface area (Å²) in [6.07, 6.45) is 0.983. The average Bonchev–Trinajstić information content (AvgIpc) is 3.30. The maximum Gasteiger partial charge on any atom is 0.252 e. The second-order valence-corrected chi connectivity index (χ2v) is 8.53. The van der Waals surface area contributed by atoms with Gasteiger partial charge in [0, 0.05) is 36.6 Å². The topological polar surface area (TPSA) is 80.2 Å². The first kappa shape index (κ1) is 23.8. The zero-order valence-corrected chi connectivity index (χ0v) is 19.5. The van der Waals surface area contributed by atoms with Crippen LogP contribution in [0.5, 0.6) is 5.75 Å². The van der Waals surface area contributed by atoms with E-state index in [2.05, 4.69) is 5.32 Å². The van der Waals surface area contributed by atoms with Crippen LogP contribution in [0.25, 0.3) is 0 Å². The number of aliphatic hydroxyl groups excluding tert-OH is 1. The highest BCUT2D eigenvalue weighted by Gasteiger charge is 2.44. The highest BCUT2D eigenvalue weighted by atomic mass is 35.5. The minimum absolute atomic E-state index is 0.0881. The Morgan fingerprint density at radius 2 is 1.79 bits per heavy atom. The van der Waals surface area contributed by atoms with Crippen molar-refractivity contribution in [1.29, 1.82) is 0 Å². The first-order valence-electron chi connectivity index (χ1n) is 11.2. The molecule has 0 aromatic heterocycles. The lowest BCUT2D eigenvalue weighted by molar-refractivity contribution is -0.126. The monoisotopic (exact) mass is 478 g/mol. The summed E-state index contributed by atoms with van der Waals surface area (Å²) >= 11 is 6.26. The molecular formula is C27H27ClN2O4. The number of aliphatic hydroxyl groups is 1. The van der Waals surface area contributed by atoms with E-state index in [-0.39, 0.29) is 19.1 Å². The molecule has 3 aromatic rings. The molecule has 34 heavy (non-hydrogen) atoms. The summed E-state index contributed by atoms with van der Waals surface area (Å²) < 4.78 is 11.5. The summed E-state index contributed by atoms with van der Waals surface area (Å²) in [4.78, 5) is 18.3. The molecule has 0 aliphatic carbocycles. The quantitative estimate of drug-likeness (QED) is 0.428. The number of nitrogens with zero attached hydrogens (tertiary/aromatic N) is 1. The van der Waals surface area contributed by atoms with Gasteiger partial charge in [-0.05, 0) is 41.5 Å². The second-order valence-electron chi connectivity index (χ2n) is 8.12. The maximum absolute atomic E-state index is 13.5. The van der Waals surface area contributed by atoms with Gasteiger partial charge in [0.15, 0.2) is 5.54 Å². The summed E-state index contributed by atoms with van der Waals surface area (Å²) in [7, 11) is 0. The van der Waals surface area contributed by atoms with Crippen LogP contribution in [0.15, 0.2) is 83.9 Å². The van der Waals surface area contributed by atoms with Gasteiger partial charge in [0.1, 0.15) is 12.4 Å². The van der Waals surface area contributed by atoms with Crippen molar-refractivity contribution in [1.82, 2.24) is 5.32 Å². The van der Waals surface area contributed by atoms with E-state index in [1.807, 2.05) is 72.8 Å². The Morgan fingerprint density at radius 3 is 2.53 bits per heavy atom. The van der Waals surface area contributed by atoms with Crippen LogP contribution in [0.2, 0.25) is 5.02 Å². The van der Waals surface area contributed by atoms with Gasteiger partial charge in [-0.3, -0.25) is 4.79 Å². The minimum Gasteiger partial charge on any atom is -0.494 e. The van der Waals surface area contributed by atoms with Gasteiger partial charge in [-0.2, -0.15) is 0 Å². The predicted octanol–water partition coefficient (Wildman–Crippen LogP) is 4.18. The van der Waals surface area contributed by atoms with Gasteiger partial charge in [-0.25, -0.2) is 4.99 Å². The summed E-state index contributed by atoms with van der Waals surface area (Å²) in [6, 6.07) is 24.6. The van der Waals surface area contributed by atoms with Crippen molar-refractivity contribution in [2.45, 2.75) is 24.9 Å². The fraction of sp³-hybridized carbons (Fsp3) is 0.259. The molecule has 1 aliphatic heterocycles. The number of ether oxygens (including phenoxy) is 2. The van der Waals surface area contributed by atoms with Crippen molar-refractivity contribution >= 4 is 23.4 Å². The van der Waals surface area contributed by atoms with Gasteiger partial charge >= 0.3 is 0 Å². The number of benzene rings is 3. The molecule has 0 saturated heterocycles. The molecule has 3 aromatic carbocycles. The van der Waals surface area contributed by atoms with Crippen molar-refractivity contribution in [3.63, 3.8) is 0 Å². The summed E-state index contributed by atoms with van der Waals surface area (Å²) in [5, 5.41) is 12.5. The number of carbonyl (C=O) groups is 1. The maximum atomic E-state index is 13.5. The van der Waals surface area contributed by atoms with Crippen LogP contribution in [-0.4, -0.2) is 42.3 Å². The summed E-state index contributed by atoms with van der Waals surface area (Å²) in [5.74, 6) is 0.907. The van der Waals surface area contributed by atoms with E-state index in [0.29, 0.717) is 42.7 Å². The van der Waals surface area contributed by atoms with Gasteiger partial charge in [-0.15, -0.1) is 0 Å². The Bertz CT molecular complexity index is 1130. The number of halogens is 1. The lowest BCUT2D eigenvalue weighted by Gasteiger charge is -2.23. The fourth-order valence-corrected chi connectivity index (χ4v) is 3.95. The first-order chi connectivity index (χ1) is 16.6. The summed E-state index contributed by atoms with van der Waals surface area (Å²) in [5.41, 5.74) is 1.51. The Hall–Kier alpha value is -3.35. The molecule has 0 spiro atoms.